The Hall–Kier alpha value is -1.27. The van der Waals surface area contributed by atoms with Crippen LogP contribution in [0.3, 0.4) is 0 Å². The van der Waals surface area contributed by atoms with Crippen molar-refractivity contribution in [1.29, 1.82) is 0 Å². The molecule has 0 fully saturated rings. The van der Waals surface area contributed by atoms with E-state index in [0.29, 0.717) is 12.3 Å². The Labute approximate surface area is 117 Å². The van der Waals surface area contributed by atoms with Gasteiger partial charge in [0.05, 0.1) is 19.8 Å². The molecule has 0 spiro atoms. The van der Waals surface area contributed by atoms with Gasteiger partial charge < -0.3 is 14.8 Å². The first-order chi connectivity index (χ1) is 9.46. The van der Waals surface area contributed by atoms with Crippen LogP contribution in [0.15, 0.2) is 24.3 Å². The molecule has 0 saturated carbocycles. The molecule has 0 aliphatic rings. The largest absolute Gasteiger partial charge is 0.497 e. The van der Waals surface area contributed by atoms with E-state index in [1.54, 1.807) is 19.2 Å². The third kappa shape index (κ3) is 6.25. The van der Waals surface area contributed by atoms with E-state index < -0.39 is 12.8 Å². The molecule has 114 valence electrons. The summed E-state index contributed by atoms with van der Waals surface area (Å²) in [5, 5.41) is 3.18. The second kappa shape index (κ2) is 8.11. The zero-order chi connectivity index (χ0) is 15.0. The zero-order valence-corrected chi connectivity index (χ0v) is 11.7. The molecule has 0 aliphatic heterocycles. The van der Waals surface area contributed by atoms with Crippen LogP contribution in [0.4, 0.5) is 13.2 Å². The van der Waals surface area contributed by atoms with Gasteiger partial charge in [0.2, 0.25) is 0 Å². The van der Waals surface area contributed by atoms with Crippen molar-refractivity contribution in [2.24, 2.45) is 0 Å². The summed E-state index contributed by atoms with van der Waals surface area (Å²) in [5.41, 5.74) is 0.876. The molecule has 0 amide bonds. The molecule has 1 atom stereocenters. The first-order valence-electron chi connectivity index (χ1n) is 6.48. The molecule has 1 aromatic rings. The molecule has 0 heterocycles. The highest BCUT2D eigenvalue weighted by Gasteiger charge is 2.28. The van der Waals surface area contributed by atoms with Gasteiger partial charge in [-0.25, -0.2) is 0 Å². The molecular weight excluding hydrogens is 271 g/mol. The van der Waals surface area contributed by atoms with Crippen molar-refractivity contribution in [3.05, 3.63) is 29.8 Å². The molecule has 0 saturated heterocycles. The highest BCUT2D eigenvalue weighted by Crippen LogP contribution is 2.20. The van der Waals surface area contributed by atoms with Gasteiger partial charge in [0.15, 0.2) is 0 Å². The normalized spacial score (nSPS) is 13.2. The van der Waals surface area contributed by atoms with Crippen LogP contribution in [0, 0.1) is 0 Å². The van der Waals surface area contributed by atoms with Crippen LogP contribution in [0.2, 0.25) is 0 Å². The summed E-state index contributed by atoms with van der Waals surface area (Å²) in [7, 11) is 1.56. The maximum atomic E-state index is 12.1. The van der Waals surface area contributed by atoms with Gasteiger partial charge in [0, 0.05) is 0 Å². The van der Waals surface area contributed by atoms with Crippen LogP contribution >= 0.6 is 0 Å². The third-order valence-electron chi connectivity index (χ3n) is 2.71. The molecule has 3 nitrogen and oxygen atoms in total. The van der Waals surface area contributed by atoms with Crippen LogP contribution in [0.5, 0.6) is 5.75 Å². The zero-order valence-electron chi connectivity index (χ0n) is 11.7. The molecule has 0 aromatic heterocycles. The number of ether oxygens (including phenoxy) is 2. The van der Waals surface area contributed by atoms with Crippen molar-refractivity contribution in [1.82, 2.24) is 5.32 Å². The first-order valence-corrected chi connectivity index (χ1v) is 6.48. The van der Waals surface area contributed by atoms with Gasteiger partial charge in [0.25, 0.3) is 0 Å². The van der Waals surface area contributed by atoms with Crippen LogP contribution < -0.4 is 10.1 Å². The fraction of sp³-hybridized carbons (Fsp3) is 0.571. The average Bonchev–Trinajstić information content (AvgIpc) is 2.41. The van der Waals surface area contributed by atoms with Gasteiger partial charge in [-0.3, -0.25) is 0 Å². The van der Waals surface area contributed by atoms with Gasteiger partial charge in [-0.1, -0.05) is 19.1 Å². The van der Waals surface area contributed by atoms with Crippen molar-refractivity contribution >= 4 is 0 Å². The summed E-state index contributed by atoms with van der Waals surface area (Å²) in [6.07, 6.45) is -3.40. The minimum Gasteiger partial charge on any atom is -0.497 e. The van der Waals surface area contributed by atoms with E-state index in [0.717, 1.165) is 12.0 Å². The SMILES string of the molecule is CCCNC(COCC(F)(F)F)c1ccc(OC)cc1. The van der Waals surface area contributed by atoms with Crippen LogP contribution in [-0.4, -0.2) is 33.0 Å². The Balaban J connectivity index is 2.62. The maximum Gasteiger partial charge on any atom is 0.411 e. The van der Waals surface area contributed by atoms with E-state index >= 15 is 0 Å². The predicted molar refractivity (Wildman–Crippen MR) is 70.9 cm³/mol. The summed E-state index contributed by atoms with van der Waals surface area (Å²) >= 11 is 0. The minimum absolute atomic E-state index is 0.0220. The van der Waals surface area contributed by atoms with Gasteiger partial charge in [0.1, 0.15) is 12.4 Å². The lowest BCUT2D eigenvalue weighted by Crippen LogP contribution is -2.28. The van der Waals surface area contributed by atoms with E-state index in [1.807, 2.05) is 19.1 Å². The molecular formula is C14H20F3NO2. The highest BCUT2D eigenvalue weighted by atomic mass is 19.4. The monoisotopic (exact) mass is 291 g/mol. The summed E-state index contributed by atoms with van der Waals surface area (Å²) in [4.78, 5) is 0. The predicted octanol–water partition coefficient (Wildman–Crippen LogP) is 3.31. The summed E-state index contributed by atoms with van der Waals surface area (Å²) < 4.78 is 46.1. The van der Waals surface area contributed by atoms with Crippen LogP contribution in [-0.2, 0) is 4.74 Å². The van der Waals surface area contributed by atoms with Gasteiger partial charge in [-0.15, -0.1) is 0 Å². The molecule has 1 rings (SSSR count). The Morgan fingerprint density at radius 3 is 2.35 bits per heavy atom. The lowest BCUT2D eigenvalue weighted by molar-refractivity contribution is -0.175. The fourth-order valence-corrected chi connectivity index (χ4v) is 1.72. The summed E-state index contributed by atoms with van der Waals surface area (Å²) in [6, 6.07) is 6.94. The van der Waals surface area contributed by atoms with Gasteiger partial charge in [-0.05, 0) is 30.7 Å². The molecule has 1 unspecified atom stereocenters. The van der Waals surface area contributed by atoms with E-state index in [1.165, 1.54) is 0 Å². The molecule has 1 N–H and O–H groups in total. The van der Waals surface area contributed by atoms with E-state index in [9.17, 15) is 13.2 Å². The lowest BCUT2D eigenvalue weighted by atomic mass is 10.1. The quantitative estimate of drug-likeness (QED) is 0.797. The van der Waals surface area contributed by atoms with Crippen molar-refractivity contribution in [3.63, 3.8) is 0 Å². The Morgan fingerprint density at radius 2 is 1.85 bits per heavy atom. The average molecular weight is 291 g/mol. The number of rotatable bonds is 8. The van der Waals surface area contributed by atoms with E-state index in [-0.39, 0.29) is 12.6 Å². The standard InChI is InChI=1S/C14H20F3NO2/c1-3-8-18-13(9-20-10-14(15,16)17)11-4-6-12(19-2)7-5-11/h4-7,13,18H,3,8-10H2,1-2H3. The summed E-state index contributed by atoms with van der Waals surface area (Å²) in [5.74, 6) is 0.708. The van der Waals surface area contributed by atoms with Crippen molar-refractivity contribution in [2.75, 3.05) is 26.9 Å². The summed E-state index contributed by atoms with van der Waals surface area (Å²) in [6.45, 7) is 1.46. The van der Waals surface area contributed by atoms with Crippen molar-refractivity contribution in [3.8, 4) is 5.75 Å². The molecule has 0 bridgehead atoms. The number of methoxy groups -OCH3 is 1. The Morgan fingerprint density at radius 1 is 1.20 bits per heavy atom. The highest BCUT2D eigenvalue weighted by molar-refractivity contribution is 5.29. The Kier molecular flexibility index (Phi) is 6.81. The van der Waals surface area contributed by atoms with Crippen LogP contribution in [0.25, 0.3) is 0 Å². The molecule has 20 heavy (non-hydrogen) atoms. The van der Waals surface area contributed by atoms with E-state index in [4.69, 9.17) is 9.47 Å². The molecule has 0 aliphatic carbocycles. The molecule has 0 radical (unpaired) electrons. The number of halogens is 3. The number of alkyl halides is 3. The van der Waals surface area contributed by atoms with Crippen molar-refractivity contribution < 1.29 is 22.6 Å². The first kappa shape index (κ1) is 16.8. The second-order valence-corrected chi connectivity index (χ2v) is 4.41. The van der Waals surface area contributed by atoms with Gasteiger partial charge in [-0.2, -0.15) is 13.2 Å². The lowest BCUT2D eigenvalue weighted by Gasteiger charge is -2.20. The number of nitrogens with one attached hydrogen (secondary N) is 1. The van der Waals surface area contributed by atoms with Crippen LogP contribution in [0.1, 0.15) is 24.9 Å². The number of hydrogen-bond acceptors (Lipinski definition) is 3. The maximum absolute atomic E-state index is 12.1. The fourth-order valence-electron chi connectivity index (χ4n) is 1.72. The molecule has 6 heteroatoms. The van der Waals surface area contributed by atoms with E-state index in [2.05, 4.69) is 5.32 Å². The molecule has 1 aromatic carbocycles. The van der Waals surface area contributed by atoms with Crippen molar-refractivity contribution in [2.45, 2.75) is 25.6 Å². The Bertz CT molecular complexity index is 379. The second-order valence-electron chi connectivity index (χ2n) is 4.41. The van der Waals surface area contributed by atoms with Gasteiger partial charge >= 0.3 is 6.18 Å². The topological polar surface area (TPSA) is 30.5 Å². The minimum atomic E-state index is -4.30. The number of hydrogen-bond donors (Lipinski definition) is 1. The smallest absolute Gasteiger partial charge is 0.411 e. The number of benzene rings is 1. The third-order valence-corrected chi connectivity index (χ3v) is 2.71.